The van der Waals surface area contributed by atoms with Crippen LogP contribution in [0.4, 0.5) is 4.39 Å². The minimum Gasteiger partial charge on any atom is -0.460 e. The van der Waals surface area contributed by atoms with Gasteiger partial charge in [-0.15, -0.1) is 0 Å². The molecule has 118 valence electrons. The second-order valence-corrected chi connectivity index (χ2v) is 6.11. The first-order valence-corrected chi connectivity index (χ1v) is 7.70. The Morgan fingerprint density at radius 3 is 3.00 bits per heavy atom. The Bertz CT molecular complexity index is 682. The smallest absolute Gasteiger partial charge is 0.219 e. The van der Waals surface area contributed by atoms with E-state index in [9.17, 15) is 9.18 Å². The molecule has 1 amide bonds. The quantitative estimate of drug-likeness (QED) is 0.948. The summed E-state index contributed by atoms with van der Waals surface area (Å²) < 4.78 is 18.9. The Morgan fingerprint density at radius 1 is 1.45 bits per heavy atom. The third-order valence-corrected chi connectivity index (χ3v) is 4.42. The molecule has 2 aromatic rings. The highest BCUT2D eigenvalue weighted by molar-refractivity contribution is 5.77. The van der Waals surface area contributed by atoms with Crippen LogP contribution in [0.1, 0.15) is 26.0 Å². The third-order valence-electron chi connectivity index (χ3n) is 4.42. The molecule has 0 radical (unpaired) electrons. The number of halogens is 1. The summed E-state index contributed by atoms with van der Waals surface area (Å²) in [6.45, 7) is 5.97. The van der Waals surface area contributed by atoms with Gasteiger partial charge >= 0.3 is 0 Å². The topological polar surface area (TPSA) is 45.5 Å². The highest BCUT2D eigenvalue weighted by atomic mass is 19.1. The summed E-state index contributed by atoms with van der Waals surface area (Å²) >= 11 is 0. The highest BCUT2D eigenvalue weighted by Gasteiger charge is 2.26. The number of hydrogen-bond acceptors (Lipinski definition) is 3. The summed E-state index contributed by atoms with van der Waals surface area (Å²) in [5, 5.41) is 4.29. The number of benzene rings is 1. The number of nitrogens with zero attached hydrogens (tertiary/aromatic N) is 1. The number of carbonyl (C=O) groups is 1. The Labute approximate surface area is 129 Å². The van der Waals surface area contributed by atoms with Gasteiger partial charge in [0.15, 0.2) is 0 Å². The minimum absolute atomic E-state index is 0.143. The lowest BCUT2D eigenvalue weighted by Crippen LogP contribution is -2.49. The van der Waals surface area contributed by atoms with Crippen molar-refractivity contribution in [2.45, 2.75) is 32.9 Å². The lowest BCUT2D eigenvalue weighted by Gasteiger charge is -2.36. The van der Waals surface area contributed by atoms with Gasteiger partial charge in [0.2, 0.25) is 5.91 Å². The second kappa shape index (κ2) is 6.08. The lowest BCUT2D eigenvalue weighted by molar-refractivity contribution is -0.130. The largest absolute Gasteiger partial charge is 0.460 e. The molecule has 5 heteroatoms. The van der Waals surface area contributed by atoms with Crippen molar-refractivity contribution in [3.05, 3.63) is 35.8 Å². The van der Waals surface area contributed by atoms with Crippen molar-refractivity contribution in [2.24, 2.45) is 5.92 Å². The van der Waals surface area contributed by atoms with E-state index >= 15 is 0 Å². The normalized spacial score (nSPS) is 22.2. The number of fused-ring (bicyclic) bond motifs is 1. The maximum Gasteiger partial charge on any atom is 0.219 e. The van der Waals surface area contributed by atoms with Crippen LogP contribution in [0.5, 0.6) is 0 Å². The van der Waals surface area contributed by atoms with Crippen molar-refractivity contribution in [3.63, 3.8) is 0 Å². The van der Waals surface area contributed by atoms with Gasteiger partial charge in [0.25, 0.3) is 0 Å². The van der Waals surface area contributed by atoms with Crippen LogP contribution in [0.2, 0.25) is 0 Å². The lowest BCUT2D eigenvalue weighted by atomic mass is 9.94. The molecule has 1 aromatic heterocycles. The maximum atomic E-state index is 13.2. The van der Waals surface area contributed by atoms with Crippen LogP contribution in [-0.2, 0) is 11.3 Å². The van der Waals surface area contributed by atoms with Crippen molar-refractivity contribution < 1.29 is 13.6 Å². The average molecular weight is 304 g/mol. The fraction of sp³-hybridized carbons (Fsp3) is 0.471. The number of likely N-dealkylation sites (tertiary alicyclic amines) is 1. The van der Waals surface area contributed by atoms with E-state index in [1.165, 1.54) is 12.1 Å². The van der Waals surface area contributed by atoms with Gasteiger partial charge in [-0.3, -0.25) is 4.79 Å². The Kier molecular flexibility index (Phi) is 4.16. The summed E-state index contributed by atoms with van der Waals surface area (Å²) in [7, 11) is 0. The average Bonchev–Trinajstić information content (AvgIpc) is 2.87. The van der Waals surface area contributed by atoms with E-state index in [1.54, 1.807) is 13.0 Å². The molecule has 0 spiro atoms. The first-order chi connectivity index (χ1) is 10.5. The first-order valence-electron chi connectivity index (χ1n) is 7.70. The number of furan rings is 1. The Morgan fingerprint density at radius 2 is 2.27 bits per heavy atom. The summed E-state index contributed by atoms with van der Waals surface area (Å²) in [6, 6.07) is 6.78. The van der Waals surface area contributed by atoms with E-state index in [1.807, 2.05) is 11.0 Å². The zero-order valence-electron chi connectivity index (χ0n) is 12.9. The van der Waals surface area contributed by atoms with Crippen LogP contribution in [0, 0.1) is 11.7 Å². The van der Waals surface area contributed by atoms with Crippen molar-refractivity contribution >= 4 is 16.9 Å². The summed E-state index contributed by atoms with van der Waals surface area (Å²) in [6.07, 6.45) is 0.940. The van der Waals surface area contributed by atoms with E-state index in [-0.39, 0.29) is 11.7 Å². The van der Waals surface area contributed by atoms with E-state index in [0.717, 1.165) is 30.7 Å². The van der Waals surface area contributed by atoms with Crippen molar-refractivity contribution in [1.82, 2.24) is 10.2 Å². The molecule has 1 aromatic carbocycles. The van der Waals surface area contributed by atoms with Gasteiger partial charge in [0.1, 0.15) is 17.2 Å². The molecule has 1 aliphatic rings. The fourth-order valence-corrected chi connectivity index (χ4v) is 3.12. The minimum atomic E-state index is -0.252. The molecule has 1 aliphatic heterocycles. The molecule has 0 bridgehead atoms. The predicted octanol–water partition coefficient (Wildman–Crippen LogP) is 2.92. The van der Waals surface area contributed by atoms with Gasteiger partial charge in [0, 0.05) is 31.4 Å². The molecule has 0 saturated carbocycles. The standard InChI is InChI=1S/C17H21FN2O2/c1-11-10-20(12(2)21)6-5-16(11)19-9-15-8-13-7-14(18)3-4-17(13)22-15/h3-4,7-8,11,16,19H,5-6,9-10H2,1-2H3/t11-,16-/m1/s1. The van der Waals surface area contributed by atoms with Gasteiger partial charge in [-0.05, 0) is 36.6 Å². The molecule has 1 saturated heterocycles. The summed E-state index contributed by atoms with van der Waals surface area (Å²) in [5.41, 5.74) is 0.706. The summed E-state index contributed by atoms with van der Waals surface area (Å²) in [4.78, 5) is 13.3. The second-order valence-electron chi connectivity index (χ2n) is 6.11. The molecule has 1 fully saturated rings. The van der Waals surface area contributed by atoms with Crippen molar-refractivity contribution in [1.29, 1.82) is 0 Å². The van der Waals surface area contributed by atoms with Crippen molar-refractivity contribution in [2.75, 3.05) is 13.1 Å². The van der Waals surface area contributed by atoms with Gasteiger partial charge in [0.05, 0.1) is 6.54 Å². The monoisotopic (exact) mass is 304 g/mol. The number of nitrogens with one attached hydrogen (secondary N) is 1. The van der Waals surface area contributed by atoms with Crippen LogP contribution in [0.3, 0.4) is 0 Å². The number of amides is 1. The van der Waals surface area contributed by atoms with Gasteiger partial charge < -0.3 is 14.6 Å². The molecule has 2 atom stereocenters. The van der Waals surface area contributed by atoms with Crippen LogP contribution in [0.25, 0.3) is 11.0 Å². The molecule has 0 aliphatic carbocycles. The molecular formula is C17H21FN2O2. The van der Waals surface area contributed by atoms with Crippen LogP contribution < -0.4 is 5.32 Å². The predicted molar refractivity (Wildman–Crippen MR) is 82.8 cm³/mol. The van der Waals surface area contributed by atoms with E-state index in [4.69, 9.17) is 4.42 Å². The third kappa shape index (κ3) is 3.14. The van der Waals surface area contributed by atoms with Crippen molar-refractivity contribution in [3.8, 4) is 0 Å². The molecule has 22 heavy (non-hydrogen) atoms. The van der Waals surface area contributed by atoms with Crippen LogP contribution in [-0.4, -0.2) is 29.9 Å². The van der Waals surface area contributed by atoms with Crippen LogP contribution in [0.15, 0.2) is 28.7 Å². The Hall–Kier alpha value is -1.88. The SMILES string of the molecule is CC(=O)N1CC[C@@H](NCc2cc3cc(F)ccc3o2)[C@H](C)C1. The molecule has 0 unspecified atom stereocenters. The highest BCUT2D eigenvalue weighted by Crippen LogP contribution is 2.22. The number of carbonyl (C=O) groups excluding carboxylic acids is 1. The zero-order valence-corrected chi connectivity index (χ0v) is 12.9. The molecule has 1 N–H and O–H groups in total. The number of piperidine rings is 1. The Balaban J connectivity index is 1.61. The molecule has 2 heterocycles. The van der Waals surface area contributed by atoms with Gasteiger partial charge in [-0.1, -0.05) is 6.92 Å². The summed E-state index contributed by atoms with van der Waals surface area (Å²) in [5.74, 6) is 1.10. The first kappa shape index (κ1) is 15.0. The fourth-order valence-electron chi connectivity index (χ4n) is 3.12. The number of hydrogen-bond donors (Lipinski definition) is 1. The molecule has 4 nitrogen and oxygen atoms in total. The number of rotatable bonds is 3. The van der Waals surface area contributed by atoms with E-state index in [0.29, 0.717) is 24.1 Å². The zero-order chi connectivity index (χ0) is 15.7. The van der Waals surface area contributed by atoms with E-state index in [2.05, 4.69) is 12.2 Å². The molecule has 3 rings (SSSR count). The van der Waals surface area contributed by atoms with Gasteiger partial charge in [-0.2, -0.15) is 0 Å². The molecular weight excluding hydrogens is 283 g/mol. The van der Waals surface area contributed by atoms with Gasteiger partial charge in [-0.25, -0.2) is 4.39 Å². The van der Waals surface area contributed by atoms with E-state index < -0.39 is 0 Å². The maximum absolute atomic E-state index is 13.2. The van der Waals surface area contributed by atoms with Crippen LogP contribution >= 0.6 is 0 Å².